The van der Waals surface area contributed by atoms with Gasteiger partial charge in [-0.25, -0.2) is 13.1 Å². The topological polar surface area (TPSA) is 66.4 Å². The smallest absolute Gasteiger partial charge is 0.215 e. The number of hydrogen-bond donors (Lipinski definition) is 2. The standard InChI is InChI=1S/C12H23NO3S/c14-10-12(8-4-1-5-9-12)13-17(15,16)11-6-2-3-7-11/h11,13-14H,1-10H2. The molecule has 2 N–H and O–H groups in total. The van der Waals surface area contributed by atoms with Gasteiger partial charge >= 0.3 is 0 Å². The summed E-state index contributed by atoms with van der Waals surface area (Å²) in [5, 5.41) is 9.29. The minimum Gasteiger partial charge on any atom is -0.394 e. The molecule has 0 atom stereocenters. The molecule has 2 aliphatic rings. The van der Waals surface area contributed by atoms with Crippen LogP contribution >= 0.6 is 0 Å². The van der Waals surface area contributed by atoms with Crippen LogP contribution in [0.15, 0.2) is 0 Å². The first-order valence-electron chi connectivity index (χ1n) is 6.72. The lowest BCUT2D eigenvalue weighted by atomic mass is 9.83. The van der Waals surface area contributed by atoms with Gasteiger partial charge in [-0.15, -0.1) is 0 Å². The Morgan fingerprint density at radius 1 is 1.06 bits per heavy atom. The molecule has 2 rings (SSSR count). The Morgan fingerprint density at radius 2 is 1.65 bits per heavy atom. The fraction of sp³-hybridized carbons (Fsp3) is 1.00. The number of hydrogen-bond acceptors (Lipinski definition) is 3. The first-order chi connectivity index (χ1) is 8.08. The second kappa shape index (κ2) is 5.24. The fourth-order valence-corrected chi connectivity index (χ4v) is 5.10. The minimum atomic E-state index is -3.24. The molecule has 0 aromatic heterocycles. The van der Waals surface area contributed by atoms with Crippen molar-refractivity contribution in [3.05, 3.63) is 0 Å². The van der Waals surface area contributed by atoms with E-state index in [1.165, 1.54) is 0 Å². The quantitative estimate of drug-likeness (QED) is 0.807. The third-order valence-corrected chi connectivity index (χ3v) is 6.28. The van der Waals surface area contributed by atoms with Gasteiger partial charge in [0, 0.05) is 0 Å². The molecule has 17 heavy (non-hydrogen) atoms. The van der Waals surface area contributed by atoms with Crippen LogP contribution in [0.5, 0.6) is 0 Å². The van der Waals surface area contributed by atoms with E-state index in [9.17, 15) is 13.5 Å². The summed E-state index contributed by atoms with van der Waals surface area (Å²) in [4.78, 5) is 0. The largest absolute Gasteiger partial charge is 0.394 e. The second-order valence-electron chi connectivity index (χ2n) is 5.55. The second-order valence-corrected chi connectivity index (χ2v) is 7.51. The summed E-state index contributed by atoms with van der Waals surface area (Å²) in [6.45, 7) is -0.0705. The third kappa shape index (κ3) is 3.01. The molecule has 0 saturated heterocycles. The van der Waals surface area contributed by atoms with Crippen molar-refractivity contribution in [2.75, 3.05) is 6.61 Å². The van der Waals surface area contributed by atoms with Crippen LogP contribution in [0.25, 0.3) is 0 Å². The Hall–Kier alpha value is -0.130. The SMILES string of the molecule is O=S(=O)(NC1(CO)CCCCC1)C1CCCC1. The van der Waals surface area contributed by atoms with E-state index < -0.39 is 15.6 Å². The van der Waals surface area contributed by atoms with Crippen molar-refractivity contribution < 1.29 is 13.5 Å². The van der Waals surface area contributed by atoms with Crippen molar-refractivity contribution in [1.82, 2.24) is 4.72 Å². The maximum Gasteiger partial charge on any atom is 0.215 e. The monoisotopic (exact) mass is 261 g/mol. The molecule has 0 aliphatic heterocycles. The van der Waals surface area contributed by atoms with E-state index in [-0.39, 0.29) is 11.9 Å². The van der Waals surface area contributed by atoms with Crippen molar-refractivity contribution in [1.29, 1.82) is 0 Å². The normalized spacial score (nSPS) is 26.2. The number of aliphatic hydroxyl groups is 1. The maximum absolute atomic E-state index is 12.2. The summed E-state index contributed by atoms with van der Waals surface area (Å²) in [6.07, 6.45) is 8.28. The fourth-order valence-electron chi connectivity index (χ4n) is 3.10. The highest BCUT2D eigenvalue weighted by molar-refractivity contribution is 7.90. The van der Waals surface area contributed by atoms with E-state index in [1.54, 1.807) is 0 Å². The lowest BCUT2D eigenvalue weighted by molar-refractivity contribution is 0.141. The van der Waals surface area contributed by atoms with E-state index >= 15 is 0 Å². The Kier molecular flexibility index (Phi) is 4.10. The Balaban J connectivity index is 2.06. The lowest BCUT2D eigenvalue weighted by Crippen LogP contribution is -2.54. The zero-order valence-electron chi connectivity index (χ0n) is 10.3. The van der Waals surface area contributed by atoms with Gasteiger partial charge in [0.2, 0.25) is 10.0 Å². The predicted molar refractivity (Wildman–Crippen MR) is 67.2 cm³/mol. The molecule has 0 unspecified atom stereocenters. The average Bonchev–Trinajstić information content (AvgIpc) is 2.84. The summed E-state index contributed by atoms with van der Waals surface area (Å²) in [5.41, 5.74) is -0.570. The summed E-state index contributed by atoms with van der Waals surface area (Å²) in [5.74, 6) is 0. The zero-order valence-corrected chi connectivity index (χ0v) is 11.1. The van der Waals surface area contributed by atoms with Crippen LogP contribution in [-0.2, 0) is 10.0 Å². The van der Waals surface area contributed by atoms with E-state index in [0.29, 0.717) is 0 Å². The zero-order chi connectivity index (χ0) is 12.4. The molecular weight excluding hydrogens is 238 g/mol. The first-order valence-corrected chi connectivity index (χ1v) is 8.26. The summed E-state index contributed by atoms with van der Waals surface area (Å²) in [6, 6.07) is 0. The van der Waals surface area contributed by atoms with E-state index in [2.05, 4.69) is 4.72 Å². The Bertz CT molecular complexity index is 341. The lowest BCUT2D eigenvalue weighted by Gasteiger charge is -2.36. The molecule has 2 saturated carbocycles. The van der Waals surface area contributed by atoms with E-state index in [0.717, 1.165) is 57.8 Å². The van der Waals surface area contributed by atoms with Crippen molar-refractivity contribution >= 4 is 10.0 Å². The van der Waals surface area contributed by atoms with Gasteiger partial charge in [0.15, 0.2) is 0 Å². The third-order valence-electron chi connectivity index (χ3n) is 4.21. The molecule has 0 bridgehead atoms. The van der Waals surface area contributed by atoms with Gasteiger partial charge in [0.1, 0.15) is 0 Å². The van der Waals surface area contributed by atoms with Crippen LogP contribution < -0.4 is 4.72 Å². The molecule has 100 valence electrons. The van der Waals surface area contributed by atoms with Gasteiger partial charge in [0.25, 0.3) is 0 Å². The van der Waals surface area contributed by atoms with Crippen molar-refractivity contribution in [2.24, 2.45) is 0 Å². The molecule has 0 aromatic rings. The molecular formula is C12H23NO3S. The van der Waals surface area contributed by atoms with Crippen LogP contribution in [0.4, 0.5) is 0 Å². The van der Waals surface area contributed by atoms with Crippen LogP contribution in [0, 0.1) is 0 Å². The number of nitrogens with one attached hydrogen (secondary N) is 1. The van der Waals surface area contributed by atoms with Gasteiger partial charge in [-0.3, -0.25) is 0 Å². The number of sulfonamides is 1. The Morgan fingerprint density at radius 3 is 2.18 bits per heavy atom. The minimum absolute atomic E-state index is 0.0705. The molecule has 0 amide bonds. The van der Waals surface area contributed by atoms with Gasteiger partial charge in [-0.05, 0) is 25.7 Å². The molecule has 2 fully saturated rings. The molecule has 0 heterocycles. The molecule has 5 heteroatoms. The van der Waals surface area contributed by atoms with Gasteiger partial charge in [0.05, 0.1) is 17.4 Å². The molecule has 0 aromatic carbocycles. The van der Waals surface area contributed by atoms with E-state index in [4.69, 9.17) is 0 Å². The summed E-state index contributed by atoms with van der Waals surface area (Å²) < 4.78 is 27.3. The maximum atomic E-state index is 12.2. The van der Waals surface area contributed by atoms with Crippen molar-refractivity contribution in [3.63, 3.8) is 0 Å². The van der Waals surface area contributed by atoms with Gasteiger partial charge in [-0.1, -0.05) is 32.1 Å². The first kappa shape index (κ1) is 13.3. The van der Waals surface area contributed by atoms with Crippen LogP contribution in [0.1, 0.15) is 57.8 Å². The highest BCUT2D eigenvalue weighted by Gasteiger charge is 2.39. The molecule has 0 radical (unpaired) electrons. The van der Waals surface area contributed by atoms with Gasteiger partial charge < -0.3 is 5.11 Å². The highest BCUT2D eigenvalue weighted by atomic mass is 32.2. The van der Waals surface area contributed by atoms with Crippen molar-refractivity contribution in [2.45, 2.75) is 68.6 Å². The average molecular weight is 261 g/mol. The van der Waals surface area contributed by atoms with Crippen LogP contribution in [0.2, 0.25) is 0 Å². The predicted octanol–water partition coefficient (Wildman–Crippen LogP) is 1.54. The highest BCUT2D eigenvalue weighted by Crippen LogP contribution is 2.31. The van der Waals surface area contributed by atoms with Gasteiger partial charge in [-0.2, -0.15) is 0 Å². The van der Waals surface area contributed by atoms with Crippen LogP contribution in [-0.4, -0.2) is 30.9 Å². The van der Waals surface area contributed by atoms with E-state index in [1.807, 2.05) is 0 Å². The molecule has 0 spiro atoms. The van der Waals surface area contributed by atoms with Crippen molar-refractivity contribution in [3.8, 4) is 0 Å². The molecule has 2 aliphatic carbocycles. The van der Waals surface area contributed by atoms with Crippen LogP contribution in [0.3, 0.4) is 0 Å². The summed E-state index contributed by atoms with van der Waals surface area (Å²) >= 11 is 0. The number of rotatable bonds is 4. The molecule has 4 nitrogen and oxygen atoms in total. The summed E-state index contributed by atoms with van der Waals surface area (Å²) in [7, 11) is -3.24. The Labute approximate surface area is 104 Å². The number of aliphatic hydroxyl groups excluding tert-OH is 1.